The standard InChI is InChI=1S/C21H23ClN2O4S/c1-25-18-7-5-15(22)10-17(18)23-21(29)24(12-16-3-2-8-26-16)11-14-4-6-19-20(9-14)28-13-27-19/h4-7,9-10,16H,2-3,8,11-13H2,1H3,(H,23,29). The lowest BCUT2D eigenvalue weighted by molar-refractivity contribution is 0.0905. The molecule has 0 bridgehead atoms. The summed E-state index contributed by atoms with van der Waals surface area (Å²) in [6.45, 7) is 2.37. The Balaban J connectivity index is 1.53. The summed E-state index contributed by atoms with van der Waals surface area (Å²) in [5.41, 5.74) is 1.81. The SMILES string of the molecule is COc1ccc(Cl)cc1NC(=S)N(Cc1ccc2c(c1)OCO2)CC1CCCO1. The quantitative estimate of drug-likeness (QED) is 0.674. The van der Waals surface area contributed by atoms with Gasteiger partial charge >= 0.3 is 0 Å². The molecule has 1 atom stereocenters. The normalized spacial score (nSPS) is 17.2. The summed E-state index contributed by atoms with van der Waals surface area (Å²) in [6, 6.07) is 11.4. The van der Waals surface area contributed by atoms with E-state index in [0.717, 1.165) is 42.2 Å². The van der Waals surface area contributed by atoms with Crippen molar-refractivity contribution < 1.29 is 18.9 Å². The highest BCUT2D eigenvalue weighted by molar-refractivity contribution is 7.80. The summed E-state index contributed by atoms with van der Waals surface area (Å²) in [4.78, 5) is 2.10. The Morgan fingerprint density at radius 2 is 2.10 bits per heavy atom. The number of hydrogen-bond acceptors (Lipinski definition) is 5. The van der Waals surface area contributed by atoms with E-state index in [1.165, 1.54) is 0 Å². The van der Waals surface area contributed by atoms with Gasteiger partial charge in [0.05, 0.1) is 18.9 Å². The van der Waals surface area contributed by atoms with Crippen molar-refractivity contribution in [3.8, 4) is 17.2 Å². The highest BCUT2D eigenvalue weighted by Gasteiger charge is 2.23. The Morgan fingerprint density at radius 1 is 1.24 bits per heavy atom. The number of nitrogens with one attached hydrogen (secondary N) is 1. The van der Waals surface area contributed by atoms with Crippen LogP contribution in [0.15, 0.2) is 36.4 Å². The maximum atomic E-state index is 6.16. The van der Waals surface area contributed by atoms with Gasteiger partial charge in [0.25, 0.3) is 0 Å². The largest absolute Gasteiger partial charge is 0.495 e. The first kappa shape index (κ1) is 20.1. The van der Waals surface area contributed by atoms with E-state index in [-0.39, 0.29) is 12.9 Å². The zero-order valence-corrected chi connectivity index (χ0v) is 17.7. The van der Waals surface area contributed by atoms with Crippen molar-refractivity contribution in [2.24, 2.45) is 0 Å². The minimum absolute atomic E-state index is 0.157. The molecule has 1 N–H and O–H groups in total. The molecular weight excluding hydrogens is 412 g/mol. The minimum atomic E-state index is 0.157. The molecule has 4 rings (SSSR count). The number of anilines is 1. The van der Waals surface area contributed by atoms with Gasteiger partial charge in [-0.15, -0.1) is 0 Å². The lowest BCUT2D eigenvalue weighted by Crippen LogP contribution is -2.39. The highest BCUT2D eigenvalue weighted by Crippen LogP contribution is 2.33. The molecule has 8 heteroatoms. The molecule has 0 radical (unpaired) electrons. The number of thiocarbonyl (C=S) groups is 1. The first-order valence-corrected chi connectivity index (χ1v) is 10.3. The molecule has 2 heterocycles. The molecule has 2 aliphatic rings. The van der Waals surface area contributed by atoms with Gasteiger partial charge in [0.15, 0.2) is 16.6 Å². The molecule has 29 heavy (non-hydrogen) atoms. The Morgan fingerprint density at radius 3 is 2.90 bits per heavy atom. The van der Waals surface area contributed by atoms with Crippen LogP contribution >= 0.6 is 23.8 Å². The summed E-state index contributed by atoms with van der Waals surface area (Å²) in [5.74, 6) is 2.20. The van der Waals surface area contributed by atoms with Crippen LogP contribution in [0.2, 0.25) is 5.02 Å². The Hall–Kier alpha value is -2.22. The van der Waals surface area contributed by atoms with Crippen LogP contribution in [0.25, 0.3) is 0 Å². The topological polar surface area (TPSA) is 52.2 Å². The third-order valence-corrected chi connectivity index (χ3v) is 5.54. The molecular formula is C21H23ClN2O4S. The predicted molar refractivity (Wildman–Crippen MR) is 116 cm³/mol. The fraction of sp³-hybridized carbons (Fsp3) is 0.381. The molecule has 0 amide bonds. The molecule has 0 saturated carbocycles. The van der Waals surface area contributed by atoms with Gasteiger partial charge in [-0.05, 0) is 61.0 Å². The molecule has 2 aromatic carbocycles. The van der Waals surface area contributed by atoms with Crippen molar-refractivity contribution in [2.45, 2.75) is 25.5 Å². The summed E-state index contributed by atoms with van der Waals surface area (Å²) < 4.78 is 22.2. The van der Waals surface area contributed by atoms with Crippen molar-refractivity contribution in [2.75, 3.05) is 32.4 Å². The summed E-state index contributed by atoms with van der Waals surface area (Å²) in [5, 5.41) is 4.48. The van der Waals surface area contributed by atoms with E-state index in [1.54, 1.807) is 19.2 Å². The van der Waals surface area contributed by atoms with Crippen LogP contribution in [0.1, 0.15) is 18.4 Å². The van der Waals surface area contributed by atoms with Crippen molar-refractivity contribution >= 4 is 34.6 Å². The van der Waals surface area contributed by atoms with E-state index in [1.807, 2.05) is 24.3 Å². The molecule has 0 aromatic heterocycles. The van der Waals surface area contributed by atoms with Crippen LogP contribution in [0.4, 0.5) is 5.69 Å². The van der Waals surface area contributed by atoms with Crippen molar-refractivity contribution in [1.29, 1.82) is 0 Å². The number of rotatable bonds is 6. The first-order chi connectivity index (χ1) is 14.1. The summed E-state index contributed by atoms with van der Waals surface area (Å²) in [7, 11) is 1.62. The Kier molecular flexibility index (Phi) is 6.28. The zero-order valence-electron chi connectivity index (χ0n) is 16.2. The molecule has 2 aromatic rings. The van der Waals surface area contributed by atoms with Crippen LogP contribution < -0.4 is 19.5 Å². The smallest absolute Gasteiger partial charge is 0.231 e. The second-order valence-electron chi connectivity index (χ2n) is 6.98. The number of benzene rings is 2. The van der Waals surface area contributed by atoms with Gasteiger partial charge in [-0.3, -0.25) is 0 Å². The van der Waals surface area contributed by atoms with Gasteiger partial charge < -0.3 is 29.2 Å². The van der Waals surface area contributed by atoms with Crippen molar-refractivity contribution in [3.63, 3.8) is 0 Å². The fourth-order valence-corrected chi connectivity index (χ4v) is 3.91. The number of nitrogens with zero attached hydrogens (tertiary/aromatic N) is 1. The van der Waals surface area contributed by atoms with Crippen molar-refractivity contribution in [3.05, 3.63) is 47.0 Å². The Labute approximate surface area is 180 Å². The number of methoxy groups -OCH3 is 1. The maximum Gasteiger partial charge on any atom is 0.231 e. The van der Waals surface area contributed by atoms with Crippen LogP contribution in [0, 0.1) is 0 Å². The van der Waals surface area contributed by atoms with Crippen molar-refractivity contribution in [1.82, 2.24) is 4.90 Å². The average Bonchev–Trinajstić information content (AvgIpc) is 3.39. The van der Waals surface area contributed by atoms with E-state index in [2.05, 4.69) is 10.2 Å². The van der Waals surface area contributed by atoms with E-state index < -0.39 is 0 Å². The summed E-state index contributed by atoms with van der Waals surface area (Å²) in [6.07, 6.45) is 2.26. The van der Waals surface area contributed by atoms with E-state index >= 15 is 0 Å². The number of ether oxygens (including phenoxy) is 4. The van der Waals surface area contributed by atoms with Gasteiger partial charge in [-0.25, -0.2) is 0 Å². The second-order valence-corrected chi connectivity index (χ2v) is 7.80. The van der Waals surface area contributed by atoms with Crippen LogP contribution in [-0.4, -0.2) is 43.2 Å². The molecule has 0 spiro atoms. The van der Waals surface area contributed by atoms with E-state index in [9.17, 15) is 0 Å². The van der Waals surface area contributed by atoms with Gasteiger partial charge in [-0.1, -0.05) is 17.7 Å². The zero-order chi connectivity index (χ0) is 20.2. The summed E-state index contributed by atoms with van der Waals surface area (Å²) >= 11 is 11.9. The van der Waals surface area contributed by atoms with E-state index in [0.29, 0.717) is 29.0 Å². The number of hydrogen-bond donors (Lipinski definition) is 1. The van der Waals surface area contributed by atoms with Gasteiger partial charge in [0, 0.05) is 24.7 Å². The molecule has 2 aliphatic heterocycles. The number of fused-ring (bicyclic) bond motifs is 1. The van der Waals surface area contributed by atoms with Crippen LogP contribution in [0.3, 0.4) is 0 Å². The molecule has 6 nitrogen and oxygen atoms in total. The predicted octanol–water partition coefficient (Wildman–Crippen LogP) is 4.46. The number of halogens is 1. The van der Waals surface area contributed by atoms with E-state index in [4.69, 9.17) is 42.8 Å². The van der Waals surface area contributed by atoms with Gasteiger partial charge in [0.2, 0.25) is 6.79 Å². The maximum absolute atomic E-state index is 6.16. The fourth-order valence-electron chi connectivity index (χ4n) is 3.49. The van der Waals surface area contributed by atoms with Crippen LogP contribution in [-0.2, 0) is 11.3 Å². The minimum Gasteiger partial charge on any atom is -0.495 e. The van der Waals surface area contributed by atoms with Gasteiger partial charge in [0.1, 0.15) is 5.75 Å². The molecule has 1 unspecified atom stereocenters. The molecule has 1 saturated heterocycles. The lowest BCUT2D eigenvalue weighted by atomic mass is 10.1. The van der Waals surface area contributed by atoms with Gasteiger partial charge in [-0.2, -0.15) is 0 Å². The molecule has 1 fully saturated rings. The third-order valence-electron chi connectivity index (χ3n) is 4.95. The Bertz CT molecular complexity index is 889. The third kappa shape index (κ3) is 4.86. The average molecular weight is 435 g/mol. The molecule has 154 valence electrons. The monoisotopic (exact) mass is 434 g/mol. The second kappa shape index (κ2) is 9.07. The molecule has 0 aliphatic carbocycles. The highest BCUT2D eigenvalue weighted by atomic mass is 35.5. The lowest BCUT2D eigenvalue weighted by Gasteiger charge is -2.29. The first-order valence-electron chi connectivity index (χ1n) is 9.52. The van der Waals surface area contributed by atoms with Crippen LogP contribution in [0.5, 0.6) is 17.2 Å².